The van der Waals surface area contributed by atoms with E-state index in [4.69, 9.17) is 9.84 Å². The molecule has 4 aromatic rings. The molecule has 44 heavy (non-hydrogen) atoms. The summed E-state index contributed by atoms with van der Waals surface area (Å²) < 4.78 is 23.2. The lowest BCUT2D eigenvalue weighted by atomic mass is 9.97. The molecule has 3 heterocycles. The largest absolute Gasteiger partial charge is 0.486 e. The molecule has 1 aliphatic heterocycles. The fourth-order valence-electron chi connectivity index (χ4n) is 5.46. The van der Waals surface area contributed by atoms with Gasteiger partial charge in [-0.1, -0.05) is 58.0 Å². The van der Waals surface area contributed by atoms with Gasteiger partial charge >= 0.3 is 0 Å². The van der Waals surface area contributed by atoms with Crippen molar-refractivity contribution in [3.05, 3.63) is 89.6 Å². The Kier molecular flexibility index (Phi) is 9.09. The second-order valence-corrected chi connectivity index (χ2v) is 17.7. The molecule has 9 heteroatoms. The molecule has 2 aromatic carbocycles. The highest BCUT2D eigenvalue weighted by molar-refractivity contribution is 6.72. The van der Waals surface area contributed by atoms with Gasteiger partial charge < -0.3 is 14.4 Å². The third-order valence-electron chi connectivity index (χ3n) is 9.13. The van der Waals surface area contributed by atoms with Gasteiger partial charge in [0.1, 0.15) is 18.0 Å². The van der Waals surface area contributed by atoms with Crippen molar-refractivity contribution in [2.75, 3.05) is 13.1 Å². The Hall–Kier alpha value is -3.82. The first-order valence-corrected chi connectivity index (χ1v) is 18.3. The van der Waals surface area contributed by atoms with Gasteiger partial charge in [0, 0.05) is 36.6 Å². The van der Waals surface area contributed by atoms with Gasteiger partial charge in [-0.05, 0) is 77.8 Å². The van der Waals surface area contributed by atoms with Crippen LogP contribution in [0.5, 0.6) is 5.75 Å². The Balaban J connectivity index is 1.42. The van der Waals surface area contributed by atoms with Crippen LogP contribution in [0.15, 0.2) is 67.0 Å². The standard InChI is InChI=1S/C35H43FN4O3Si/c1-24(2)26-10-8-25(9-11-26)23-43-30-13-12-28(22-29(30)36)31-32(27-14-17-37-18-15-27)38-40-21-20-39(34(41)33(31)40)19-7-16-35(3,4)44(5,6)42/h8-15,17-18,22,24,42H,7,16,19-21,23H2,1-6H3. The van der Waals surface area contributed by atoms with Crippen molar-refractivity contribution in [1.29, 1.82) is 0 Å². The number of aromatic nitrogens is 3. The number of fused-ring (bicyclic) bond motifs is 1. The van der Waals surface area contributed by atoms with Crippen LogP contribution in [0, 0.1) is 5.82 Å². The quantitative estimate of drug-likeness (QED) is 0.175. The SMILES string of the molecule is CC(C)c1ccc(COc2ccc(-c3c(-c4ccncc4)nn4c3C(=O)N(CCCC(C)(C)[Si](C)(C)O)CC4)cc2F)cc1. The number of halogens is 1. The maximum atomic E-state index is 15.6. The fourth-order valence-corrected chi connectivity index (χ4v) is 6.25. The second kappa shape index (κ2) is 12.7. The predicted octanol–water partition coefficient (Wildman–Crippen LogP) is 7.67. The minimum atomic E-state index is -2.34. The molecule has 1 N–H and O–H groups in total. The van der Waals surface area contributed by atoms with Crippen LogP contribution < -0.4 is 4.74 Å². The van der Waals surface area contributed by atoms with Crippen molar-refractivity contribution in [1.82, 2.24) is 19.7 Å². The van der Waals surface area contributed by atoms with E-state index >= 15 is 4.39 Å². The zero-order valence-electron chi connectivity index (χ0n) is 26.6. The number of hydrogen-bond acceptors (Lipinski definition) is 5. The smallest absolute Gasteiger partial charge is 0.272 e. The molecule has 0 atom stereocenters. The van der Waals surface area contributed by atoms with Crippen LogP contribution >= 0.6 is 0 Å². The first-order chi connectivity index (χ1) is 20.9. The summed E-state index contributed by atoms with van der Waals surface area (Å²) >= 11 is 0. The third-order valence-corrected chi connectivity index (χ3v) is 12.7. The van der Waals surface area contributed by atoms with E-state index in [1.165, 1.54) is 11.6 Å². The molecule has 0 fully saturated rings. The van der Waals surface area contributed by atoms with Gasteiger partial charge in [0.05, 0.1) is 6.54 Å². The highest BCUT2D eigenvalue weighted by Gasteiger charge is 2.38. The Labute approximate surface area is 260 Å². The Bertz CT molecular complexity index is 1610. The van der Waals surface area contributed by atoms with E-state index in [9.17, 15) is 9.59 Å². The Morgan fingerprint density at radius 1 is 1.02 bits per heavy atom. The predicted molar refractivity (Wildman–Crippen MR) is 175 cm³/mol. The van der Waals surface area contributed by atoms with Crippen LogP contribution in [0.1, 0.15) is 68.1 Å². The van der Waals surface area contributed by atoms with Crippen molar-refractivity contribution in [2.45, 2.75) is 77.7 Å². The topological polar surface area (TPSA) is 80.5 Å². The third kappa shape index (κ3) is 6.64. The molecular weight excluding hydrogens is 571 g/mol. The molecule has 0 unspecified atom stereocenters. The van der Waals surface area contributed by atoms with E-state index in [-0.39, 0.29) is 23.3 Å². The van der Waals surface area contributed by atoms with Gasteiger partial charge in [0.25, 0.3) is 5.91 Å². The van der Waals surface area contributed by atoms with Crippen molar-refractivity contribution >= 4 is 14.2 Å². The highest BCUT2D eigenvalue weighted by Crippen LogP contribution is 2.41. The molecule has 0 saturated heterocycles. The number of pyridine rings is 1. The molecule has 0 aliphatic carbocycles. The van der Waals surface area contributed by atoms with E-state index < -0.39 is 14.1 Å². The maximum absolute atomic E-state index is 15.6. The van der Waals surface area contributed by atoms with Crippen molar-refractivity contribution < 1.29 is 18.7 Å². The average Bonchev–Trinajstić information content (AvgIpc) is 3.38. The molecule has 232 valence electrons. The van der Waals surface area contributed by atoms with E-state index in [0.29, 0.717) is 48.1 Å². The molecule has 1 aliphatic rings. The molecule has 0 spiro atoms. The Morgan fingerprint density at radius 2 is 1.73 bits per heavy atom. The van der Waals surface area contributed by atoms with Gasteiger partial charge in [-0.3, -0.25) is 14.5 Å². The van der Waals surface area contributed by atoms with E-state index in [1.807, 2.05) is 42.3 Å². The summed E-state index contributed by atoms with van der Waals surface area (Å²) in [4.78, 5) is 30.7. The Morgan fingerprint density at radius 3 is 2.36 bits per heavy atom. The van der Waals surface area contributed by atoms with E-state index in [2.05, 4.69) is 44.8 Å². The molecule has 2 aromatic heterocycles. The minimum absolute atomic E-state index is 0.122. The van der Waals surface area contributed by atoms with Crippen molar-refractivity contribution in [2.24, 2.45) is 0 Å². The minimum Gasteiger partial charge on any atom is -0.486 e. The zero-order chi connectivity index (χ0) is 31.6. The van der Waals surface area contributed by atoms with Gasteiger partial charge in [0.15, 0.2) is 19.9 Å². The zero-order valence-corrected chi connectivity index (χ0v) is 27.6. The van der Waals surface area contributed by atoms with Crippen molar-refractivity contribution in [3.63, 3.8) is 0 Å². The van der Waals surface area contributed by atoms with Gasteiger partial charge in [-0.2, -0.15) is 5.10 Å². The van der Waals surface area contributed by atoms with E-state index in [0.717, 1.165) is 24.0 Å². The van der Waals surface area contributed by atoms with Crippen LogP contribution in [0.4, 0.5) is 4.39 Å². The number of carbonyl (C=O) groups excluding carboxylic acids is 1. The number of rotatable bonds is 11. The molecule has 0 radical (unpaired) electrons. The molecule has 0 bridgehead atoms. The monoisotopic (exact) mass is 614 g/mol. The summed E-state index contributed by atoms with van der Waals surface area (Å²) in [6, 6.07) is 16.7. The summed E-state index contributed by atoms with van der Waals surface area (Å²) in [5.74, 6) is -0.0324. The van der Waals surface area contributed by atoms with Crippen LogP contribution in [0.2, 0.25) is 18.1 Å². The first kappa shape index (κ1) is 31.6. The first-order valence-electron chi connectivity index (χ1n) is 15.4. The van der Waals surface area contributed by atoms with Crippen LogP contribution in [0.3, 0.4) is 0 Å². The number of nitrogens with zero attached hydrogens (tertiary/aromatic N) is 4. The lowest BCUT2D eigenvalue weighted by Crippen LogP contribution is -2.42. The summed E-state index contributed by atoms with van der Waals surface area (Å²) in [6.07, 6.45) is 4.99. The number of hydrogen-bond donors (Lipinski definition) is 1. The van der Waals surface area contributed by atoms with Crippen LogP contribution in [0.25, 0.3) is 22.4 Å². The second-order valence-electron chi connectivity index (χ2n) is 13.2. The highest BCUT2D eigenvalue weighted by atomic mass is 28.4. The molecule has 1 amide bonds. The fraction of sp³-hybridized carbons (Fsp3) is 0.400. The summed E-state index contributed by atoms with van der Waals surface area (Å²) in [6.45, 7) is 14.4. The molecular formula is C35H43FN4O3Si. The lowest BCUT2D eigenvalue weighted by molar-refractivity contribution is 0.0694. The maximum Gasteiger partial charge on any atom is 0.272 e. The number of ether oxygens (including phenoxy) is 1. The van der Waals surface area contributed by atoms with Crippen LogP contribution in [-0.2, 0) is 13.2 Å². The number of benzene rings is 2. The van der Waals surface area contributed by atoms with Gasteiger partial charge in [-0.15, -0.1) is 0 Å². The van der Waals surface area contributed by atoms with Crippen molar-refractivity contribution in [3.8, 4) is 28.1 Å². The average molecular weight is 615 g/mol. The number of carbonyl (C=O) groups is 1. The lowest BCUT2D eigenvalue weighted by Gasteiger charge is -2.36. The normalized spacial score (nSPS) is 13.8. The van der Waals surface area contributed by atoms with Gasteiger partial charge in [-0.25, -0.2) is 4.39 Å². The van der Waals surface area contributed by atoms with Gasteiger partial charge in [0.2, 0.25) is 0 Å². The summed E-state index contributed by atoms with van der Waals surface area (Å²) in [5.41, 5.74) is 5.24. The van der Waals surface area contributed by atoms with Crippen LogP contribution in [-0.4, -0.2) is 51.8 Å². The molecule has 5 rings (SSSR count). The van der Waals surface area contributed by atoms with E-state index in [1.54, 1.807) is 29.2 Å². The number of amides is 1. The molecule has 7 nitrogen and oxygen atoms in total. The summed E-state index contributed by atoms with van der Waals surface area (Å²) in [5, 5.41) is 4.68. The molecule has 0 saturated carbocycles. The summed E-state index contributed by atoms with van der Waals surface area (Å²) in [7, 11) is -2.34.